The van der Waals surface area contributed by atoms with Crippen molar-refractivity contribution in [3.05, 3.63) is 22.8 Å². The molecule has 0 unspecified atom stereocenters. The molecule has 6 nitrogen and oxygen atoms in total. The molecule has 4 N–H and O–H groups in total. The summed E-state index contributed by atoms with van der Waals surface area (Å²) >= 11 is 5.81. The van der Waals surface area contributed by atoms with Crippen LogP contribution < -0.4 is 16.6 Å². The fourth-order valence-electron chi connectivity index (χ4n) is 2.03. The zero-order chi connectivity index (χ0) is 13.8. The second-order valence-corrected chi connectivity index (χ2v) is 4.81. The summed E-state index contributed by atoms with van der Waals surface area (Å²) in [5, 5.41) is 3.15. The highest BCUT2D eigenvalue weighted by Gasteiger charge is 2.30. The molecular formula is C12H17ClN4O2. The Labute approximate surface area is 116 Å². The maximum Gasteiger partial charge on any atom is 0.251 e. The number of ether oxygens (including phenoxy) is 1. The van der Waals surface area contributed by atoms with Crippen LogP contribution in [0.15, 0.2) is 12.1 Å². The Kier molecular flexibility index (Phi) is 4.57. The van der Waals surface area contributed by atoms with E-state index in [0.717, 1.165) is 12.8 Å². The molecule has 0 radical (unpaired) electrons. The number of aromatic nitrogens is 1. The maximum absolute atomic E-state index is 12.0. The van der Waals surface area contributed by atoms with Crippen LogP contribution >= 0.6 is 11.6 Å². The smallest absolute Gasteiger partial charge is 0.251 e. The van der Waals surface area contributed by atoms with Gasteiger partial charge in [0.15, 0.2) is 0 Å². The van der Waals surface area contributed by atoms with E-state index in [1.165, 1.54) is 6.07 Å². The Morgan fingerprint density at radius 1 is 1.58 bits per heavy atom. The van der Waals surface area contributed by atoms with Crippen LogP contribution in [0.2, 0.25) is 5.15 Å². The van der Waals surface area contributed by atoms with E-state index in [-0.39, 0.29) is 23.2 Å². The number of hydrazine groups is 1. The van der Waals surface area contributed by atoms with Crippen molar-refractivity contribution in [3.8, 4) is 0 Å². The van der Waals surface area contributed by atoms with Gasteiger partial charge < -0.3 is 15.5 Å². The number of anilines is 1. The van der Waals surface area contributed by atoms with Crippen LogP contribution in [0.1, 0.15) is 30.1 Å². The summed E-state index contributed by atoms with van der Waals surface area (Å²) in [6.45, 7) is 2.67. The van der Waals surface area contributed by atoms with Crippen molar-refractivity contribution in [2.24, 2.45) is 5.84 Å². The maximum atomic E-state index is 12.0. The molecule has 1 saturated carbocycles. The first-order valence-corrected chi connectivity index (χ1v) is 6.56. The number of nitrogens with two attached hydrogens (primary N) is 1. The zero-order valence-corrected chi connectivity index (χ0v) is 11.4. The topological polar surface area (TPSA) is 89.3 Å². The van der Waals surface area contributed by atoms with Crippen molar-refractivity contribution >= 4 is 23.3 Å². The molecule has 1 heterocycles. The molecule has 2 rings (SSSR count). The first kappa shape index (κ1) is 14.0. The molecular weight excluding hydrogens is 268 g/mol. The molecule has 0 atom stereocenters. The van der Waals surface area contributed by atoms with Gasteiger partial charge in [-0.3, -0.25) is 4.79 Å². The lowest BCUT2D eigenvalue weighted by Gasteiger charge is -2.35. The van der Waals surface area contributed by atoms with Gasteiger partial charge in [-0.25, -0.2) is 10.8 Å². The first-order chi connectivity index (χ1) is 9.12. The molecule has 1 amide bonds. The number of pyridine rings is 1. The van der Waals surface area contributed by atoms with Crippen molar-refractivity contribution in [3.63, 3.8) is 0 Å². The van der Waals surface area contributed by atoms with Crippen LogP contribution in [0, 0.1) is 0 Å². The molecule has 0 aromatic carbocycles. The summed E-state index contributed by atoms with van der Waals surface area (Å²) in [6.07, 6.45) is 1.96. The van der Waals surface area contributed by atoms with Crippen LogP contribution in [0.25, 0.3) is 0 Å². The second-order valence-electron chi connectivity index (χ2n) is 4.43. The van der Waals surface area contributed by atoms with E-state index in [2.05, 4.69) is 15.7 Å². The van der Waals surface area contributed by atoms with Gasteiger partial charge in [-0.2, -0.15) is 0 Å². The lowest BCUT2D eigenvalue weighted by molar-refractivity contribution is -0.00862. The number of hydrogen-bond acceptors (Lipinski definition) is 5. The lowest BCUT2D eigenvalue weighted by atomic mass is 9.89. The van der Waals surface area contributed by atoms with Gasteiger partial charge in [0.25, 0.3) is 5.91 Å². The van der Waals surface area contributed by atoms with Gasteiger partial charge in [0.2, 0.25) is 0 Å². The van der Waals surface area contributed by atoms with Gasteiger partial charge >= 0.3 is 0 Å². The number of carbonyl (C=O) groups is 1. The molecule has 0 bridgehead atoms. The summed E-state index contributed by atoms with van der Waals surface area (Å²) in [6, 6.07) is 3.22. The molecule has 1 aromatic heterocycles. The Morgan fingerprint density at radius 2 is 2.32 bits per heavy atom. The standard InChI is InChI=1S/C12H17ClN4O2/c1-2-19-9-5-8(6-9)15-12(18)7-3-10(13)16-11(4-7)17-14/h3-4,8-9H,2,5-6,14H2,1H3,(H,15,18)(H,16,17). The number of carbonyl (C=O) groups excluding carboxylic acids is 1. The molecule has 0 saturated heterocycles. The summed E-state index contributed by atoms with van der Waals surface area (Å²) in [5.41, 5.74) is 2.81. The molecule has 1 aliphatic carbocycles. The van der Waals surface area contributed by atoms with Crippen molar-refractivity contribution in [1.82, 2.24) is 10.3 Å². The van der Waals surface area contributed by atoms with Crippen LogP contribution in [0.3, 0.4) is 0 Å². The third kappa shape index (κ3) is 3.56. The number of hydrogen-bond donors (Lipinski definition) is 3. The fraction of sp³-hybridized carbons (Fsp3) is 0.500. The zero-order valence-electron chi connectivity index (χ0n) is 10.6. The molecule has 0 spiro atoms. The van der Waals surface area contributed by atoms with E-state index in [0.29, 0.717) is 18.0 Å². The molecule has 1 aromatic rings. The average molecular weight is 285 g/mol. The van der Waals surface area contributed by atoms with E-state index >= 15 is 0 Å². The molecule has 0 aliphatic heterocycles. The van der Waals surface area contributed by atoms with Crippen molar-refractivity contribution in [1.29, 1.82) is 0 Å². The number of rotatable bonds is 5. The number of nitrogens with zero attached hydrogens (tertiary/aromatic N) is 1. The summed E-state index contributed by atoms with van der Waals surface area (Å²) < 4.78 is 5.44. The minimum Gasteiger partial charge on any atom is -0.378 e. The van der Waals surface area contributed by atoms with Gasteiger partial charge in [-0.15, -0.1) is 0 Å². The quantitative estimate of drug-likeness (QED) is 0.431. The highest BCUT2D eigenvalue weighted by molar-refractivity contribution is 6.29. The minimum atomic E-state index is -0.180. The van der Waals surface area contributed by atoms with Crippen LogP contribution in [-0.2, 0) is 4.74 Å². The van der Waals surface area contributed by atoms with E-state index in [1.807, 2.05) is 6.92 Å². The van der Waals surface area contributed by atoms with Crippen LogP contribution in [0.4, 0.5) is 5.82 Å². The average Bonchev–Trinajstić information content (AvgIpc) is 2.35. The Balaban J connectivity index is 1.92. The summed E-state index contributed by atoms with van der Waals surface area (Å²) in [4.78, 5) is 15.9. The number of amides is 1. The van der Waals surface area contributed by atoms with Gasteiger partial charge in [-0.05, 0) is 31.9 Å². The summed E-state index contributed by atoms with van der Waals surface area (Å²) in [5.74, 6) is 5.44. The fourth-order valence-corrected chi connectivity index (χ4v) is 2.23. The highest BCUT2D eigenvalue weighted by atomic mass is 35.5. The Morgan fingerprint density at radius 3 is 2.95 bits per heavy atom. The Bertz CT molecular complexity index is 463. The monoisotopic (exact) mass is 284 g/mol. The van der Waals surface area contributed by atoms with Crippen molar-refractivity contribution in [2.45, 2.75) is 31.9 Å². The number of nitrogen functional groups attached to an aromatic ring is 1. The van der Waals surface area contributed by atoms with Gasteiger partial charge in [0, 0.05) is 18.2 Å². The normalized spacial score (nSPS) is 21.6. The number of halogens is 1. The predicted molar refractivity (Wildman–Crippen MR) is 73.0 cm³/mol. The predicted octanol–water partition coefficient (Wildman–Crippen LogP) is 1.32. The van der Waals surface area contributed by atoms with E-state index in [1.54, 1.807) is 6.07 Å². The lowest BCUT2D eigenvalue weighted by Crippen LogP contribution is -2.47. The van der Waals surface area contributed by atoms with Gasteiger partial charge in [0.1, 0.15) is 11.0 Å². The van der Waals surface area contributed by atoms with E-state index < -0.39 is 0 Å². The molecule has 104 valence electrons. The second kappa shape index (κ2) is 6.18. The molecule has 19 heavy (non-hydrogen) atoms. The first-order valence-electron chi connectivity index (χ1n) is 6.19. The van der Waals surface area contributed by atoms with E-state index in [4.69, 9.17) is 22.2 Å². The molecule has 1 aliphatic rings. The summed E-state index contributed by atoms with van der Waals surface area (Å²) in [7, 11) is 0. The largest absolute Gasteiger partial charge is 0.378 e. The van der Waals surface area contributed by atoms with Crippen molar-refractivity contribution in [2.75, 3.05) is 12.0 Å². The van der Waals surface area contributed by atoms with Gasteiger partial charge in [0.05, 0.1) is 6.10 Å². The Hall–Kier alpha value is -1.37. The minimum absolute atomic E-state index is 0.158. The molecule has 7 heteroatoms. The highest BCUT2D eigenvalue weighted by Crippen LogP contribution is 2.24. The third-order valence-corrected chi connectivity index (χ3v) is 3.23. The van der Waals surface area contributed by atoms with Crippen molar-refractivity contribution < 1.29 is 9.53 Å². The van der Waals surface area contributed by atoms with Gasteiger partial charge in [-0.1, -0.05) is 11.6 Å². The third-order valence-electron chi connectivity index (χ3n) is 3.04. The van der Waals surface area contributed by atoms with Crippen LogP contribution in [0.5, 0.6) is 0 Å². The van der Waals surface area contributed by atoms with E-state index in [9.17, 15) is 4.79 Å². The SMILES string of the molecule is CCOC1CC(NC(=O)c2cc(Cl)nc(NN)c2)C1. The number of nitrogens with one attached hydrogen (secondary N) is 2. The van der Waals surface area contributed by atoms with Crippen LogP contribution in [-0.4, -0.2) is 29.6 Å². The molecule has 1 fully saturated rings.